The third-order valence-corrected chi connectivity index (χ3v) is 7.41. The first-order valence-corrected chi connectivity index (χ1v) is 12.9. The molecule has 3 N–H and O–H groups in total. The number of fused-ring (bicyclic) bond motifs is 2. The molecule has 0 atom stereocenters. The molecule has 1 aromatic carbocycles. The summed E-state index contributed by atoms with van der Waals surface area (Å²) in [5, 5.41) is 11.7. The molecular formula is C29H26FN7O. The summed E-state index contributed by atoms with van der Waals surface area (Å²) in [7, 11) is 0. The van der Waals surface area contributed by atoms with Crippen molar-refractivity contribution in [3.63, 3.8) is 0 Å². The Kier molecular flexibility index (Phi) is 5.70. The minimum absolute atomic E-state index is 0.332. The highest BCUT2D eigenvalue weighted by Gasteiger charge is 2.19. The van der Waals surface area contributed by atoms with Gasteiger partial charge in [-0.3, -0.25) is 15.1 Å². The van der Waals surface area contributed by atoms with E-state index in [0.29, 0.717) is 34.7 Å². The van der Waals surface area contributed by atoms with Crippen molar-refractivity contribution in [3.05, 3.63) is 72.8 Å². The zero-order chi connectivity index (χ0) is 25.5. The number of aromatic nitrogens is 6. The standard InChI is InChI=1S/C29H26FN7O/c30-23-11-25-22(10-21(23)20-9-18(14-32-15-20)13-31-12-17-3-1-2-4-17)27(37-36-25)29-34-24-5-7-33-26(28(24)35-29)19-6-8-38-16-19/h5-11,14-17,31H,1-4,12-13H2,(H,34,35)(H,36,37). The van der Waals surface area contributed by atoms with Crippen LogP contribution in [0, 0.1) is 11.7 Å². The van der Waals surface area contributed by atoms with Crippen LogP contribution in [0.5, 0.6) is 0 Å². The van der Waals surface area contributed by atoms with E-state index < -0.39 is 0 Å². The lowest BCUT2D eigenvalue weighted by Crippen LogP contribution is -2.20. The highest BCUT2D eigenvalue weighted by Crippen LogP contribution is 2.34. The summed E-state index contributed by atoms with van der Waals surface area (Å²) < 4.78 is 20.5. The highest BCUT2D eigenvalue weighted by atomic mass is 19.1. The molecule has 5 aromatic heterocycles. The molecule has 0 bridgehead atoms. The fraction of sp³-hybridized carbons (Fsp3) is 0.241. The molecule has 1 saturated carbocycles. The van der Waals surface area contributed by atoms with Gasteiger partial charge in [0, 0.05) is 53.3 Å². The number of H-pyrrole nitrogens is 2. The van der Waals surface area contributed by atoms with Crippen LogP contribution in [-0.4, -0.2) is 36.7 Å². The SMILES string of the molecule is Fc1cc2[nH]nc(-c3nc4c(-c5ccoc5)nccc4[nH]3)c2cc1-c1cncc(CNCC2CCCC2)c1. The van der Waals surface area contributed by atoms with Gasteiger partial charge in [0.1, 0.15) is 22.7 Å². The zero-order valence-electron chi connectivity index (χ0n) is 20.7. The van der Waals surface area contributed by atoms with Crippen molar-refractivity contribution in [2.24, 2.45) is 5.92 Å². The summed E-state index contributed by atoms with van der Waals surface area (Å²) in [4.78, 5) is 17.0. The summed E-state index contributed by atoms with van der Waals surface area (Å²) in [6.07, 6.45) is 13.8. The summed E-state index contributed by atoms with van der Waals surface area (Å²) in [6, 6.07) is 9.02. The molecule has 0 aliphatic heterocycles. The van der Waals surface area contributed by atoms with Gasteiger partial charge < -0.3 is 14.7 Å². The average molecular weight is 508 g/mol. The molecule has 0 radical (unpaired) electrons. The number of furan rings is 1. The Bertz CT molecular complexity index is 1730. The molecule has 190 valence electrons. The zero-order valence-corrected chi connectivity index (χ0v) is 20.7. The number of nitrogens with zero attached hydrogens (tertiary/aromatic N) is 4. The van der Waals surface area contributed by atoms with Crippen LogP contribution in [0.15, 0.2) is 65.9 Å². The van der Waals surface area contributed by atoms with Gasteiger partial charge in [-0.1, -0.05) is 12.8 Å². The molecular weight excluding hydrogens is 481 g/mol. The number of hydrogen-bond donors (Lipinski definition) is 3. The molecule has 9 heteroatoms. The van der Waals surface area contributed by atoms with Gasteiger partial charge in [-0.25, -0.2) is 9.37 Å². The van der Waals surface area contributed by atoms with Gasteiger partial charge in [0.2, 0.25) is 0 Å². The molecule has 6 aromatic rings. The Balaban J connectivity index is 1.23. The number of hydrogen-bond acceptors (Lipinski definition) is 6. The Labute approximate surface area is 217 Å². The quantitative estimate of drug-likeness (QED) is 0.236. The van der Waals surface area contributed by atoms with Crippen molar-refractivity contribution >= 4 is 21.9 Å². The molecule has 8 nitrogen and oxygen atoms in total. The lowest BCUT2D eigenvalue weighted by molar-refractivity contribution is 0.489. The maximum absolute atomic E-state index is 15.3. The molecule has 7 rings (SSSR count). The van der Waals surface area contributed by atoms with Crippen LogP contribution >= 0.6 is 0 Å². The number of pyridine rings is 2. The van der Waals surface area contributed by atoms with E-state index in [0.717, 1.165) is 45.7 Å². The molecule has 5 heterocycles. The lowest BCUT2D eigenvalue weighted by Gasteiger charge is -2.11. The highest BCUT2D eigenvalue weighted by molar-refractivity contribution is 5.97. The van der Waals surface area contributed by atoms with Gasteiger partial charge in [-0.2, -0.15) is 5.10 Å². The van der Waals surface area contributed by atoms with Crippen molar-refractivity contribution in [2.75, 3.05) is 6.54 Å². The first kappa shape index (κ1) is 22.8. The molecule has 1 aliphatic rings. The Morgan fingerprint density at radius 3 is 2.82 bits per heavy atom. The van der Waals surface area contributed by atoms with Gasteiger partial charge in [-0.15, -0.1) is 0 Å². The fourth-order valence-electron chi connectivity index (χ4n) is 5.46. The summed E-state index contributed by atoms with van der Waals surface area (Å²) in [6.45, 7) is 1.72. The molecule has 0 spiro atoms. The summed E-state index contributed by atoms with van der Waals surface area (Å²) >= 11 is 0. The average Bonchev–Trinajstić information content (AvgIpc) is 3.74. The van der Waals surface area contributed by atoms with Crippen molar-refractivity contribution in [2.45, 2.75) is 32.2 Å². The second-order valence-electron chi connectivity index (χ2n) is 9.97. The van der Waals surface area contributed by atoms with Crippen molar-refractivity contribution < 1.29 is 8.81 Å². The smallest absolute Gasteiger partial charge is 0.159 e. The largest absolute Gasteiger partial charge is 0.472 e. The third-order valence-electron chi connectivity index (χ3n) is 7.41. The predicted octanol–water partition coefficient (Wildman–Crippen LogP) is 6.24. The van der Waals surface area contributed by atoms with E-state index >= 15 is 4.39 Å². The Morgan fingerprint density at radius 1 is 1.03 bits per heavy atom. The molecule has 38 heavy (non-hydrogen) atoms. The van der Waals surface area contributed by atoms with Gasteiger partial charge >= 0.3 is 0 Å². The van der Waals surface area contributed by atoms with Gasteiger partial charge in [0.05, 0.1) is 23.6 Å². The second kappa shape index (κ2) is 9.50. The number of rotatable bonds is 7. The Morgan fingerprint density at radius 2 is 1.95 bits per heavy atom. The first-order valence-electron chi connectivity index (χ1n) is 12.9. The molecule has 0 saturated heterocycles. The van der Waals surface area contributed by atoms with Crippen LogP contribution < -0.4 is 5.32 Å². The molecule has 0 unspecified atom stereocenters. The first-order chi connectivity index (χ1) is 18.7. The van der Waals surface area contributed by atoms with Crippen LogP contribution in [0.3, 0.4) is 0 Å². The van der Waals surface area contributed by atoms with E-state index in [1.807, 2.05) is 30.5 Å². The van der Waals surface area contributed by atoms with Crippen molar-refractivity contribution in [1.29, 1.82) is 0 Å². The van der Waals surface area contributed by atoms with Crippen LogP contribution in [0.1, 0.15) is 31.2 Å². The molecule has 1 aliphatic carbocycles. The van der Waals surface area contributed by atoms with E-state index in [-0.39, 0.29) is 5.82 Å². The van der Waals surface area contributed by atoms with E-state index in [2.05, 4.69) is 30.5 Å². The normalized spacial score (nSPS) is 14.2. The fourth-order valence-corrected chi connectivity index (χ4v) is 5.46. The number of aromatic amines is 2. The number of nitrogens with one attached hydrogen (secondary N) is 3. The minimum atomic E-state index is -0.332. The molecule has 1 fully saturated rings. The van der Waals surface area contributed by atoms with Crippen LogP contribution in [0.4, 0.5) is 4.39 Å². The van der Waals surface area contributed by atoms with Gasteiger partial charge in [0.25, 0.3) is 0 Å². The predicted molar refractivity (Wildman–Crippen MR) is 144 cm³/mol. The van der Waals surface area contributed by atoms with E-state index in [1.165, 1.54) is 31.7 Å². The summed E-state index contributed by atoms with van der Waals surface area (Å²) in [5.41, 5.74) is 6.54. The van der Waals surface area contributed by atoms with E-state index in [4.69, 9.17) is 9.40 Å². The van der Waals surface area contributed by atoms with E-state index in [1.54, 1.807) is 24.9 Å². The topological polar surface area (TPSA) is 108 Å². The maximum Gasteiger partial charge on any atom is 0.159 e. The number of imidazole rings is 1. The lowest BCUT2D eigenvalue weighted by atomic mass is 10.0. The summed E-state index contributed by atoms with van der Waals surface area (Å²) in [5.74, 6) is 1.00. The molecule has 0 amide bonds. The van der Waals surface area contributed by atoms with Crippen LogP contribution in [-0.2, 0) is 6.54 Å². The maximum atomic E-state index is 15.3. The number of benzene rings is 1. The van der Waals surface area contributed by atoms with Gasteiger partial charge in [0.15, 0.2) is 5.82 Å². The van der Waals surface area contributed by atoms with Crippen LogP contribution in [0.2, 0.25) is 0 Å². The van der Waals surface area contributed by atoms with E-state index in [9.17, 15) is 0 Å². The minimum Gasteiger partial charge on any atom is -0.472 e. The monoisotopic (exact) mass is 507 g/mol. The Hall–Kier alpha value is -4.37. The van der Waals surface area contributed by atoms with Crippen molar-refractivity contribution in [3.8, 4) is 33.9 Å². The number of halogens is 1. The van der Waals surface area contributed by atoms with Gasteiger partial charge in [-0.05, 0) is 55.1 Å². The second-order valence-corrected chi connectivity index (χ2v) is 9.97. The third kappa shape index (κ3) is 4.14. The van der Waals surface area contributed by atoms with Crippen molar-refractivity contribution in [1.82, 2.24) is 35.5 Å². The van der Waals surface area contributed by atoms with Crippen LogP contribution in [0.25, 0.3) is 55.8 Å².